The Bertz CT molecular complexity index is 1590. The molecule has 1 aliphatic rings. The Labute approximate surface area is 282 Å². The number of hydrogen-bond donors (Lipinski definition) is 0. The molecule has 10 nitrogen and oxygen atoms in total. The van der Waals surface area contributed by atoms with Crippen LogP contribution in [0.4, 0.5) is 8.78 Å². The summed E-state index contributed by atoms with van der Waals surface area (Å²) in [6.07, 6.45) is 2.16. The number of pyridine rings is 1. The first-order valence-corrected chi connectivity index (χ1v) is 17.5. The Hall–Kier alpha value is -3.65. The molecule has 0 unspecified atom stereocenters. The molecule has 0 bridgehead atoms. The molecule has 13 heteroatoms. The van der Waals surface area contributed by atoms with Gasteiger partial charge < -0.3 is 23.8 Å². The van der Waals surface area contributed by atoms with Crippen molar-refractivity contribution in [2.45, 2.75) is 69.8 Å². The van der Waals surface area contributed by atoms with Crippen LogP contribution in [0.3, 0.4) is 0 Å². The number of methoxy groups -OCH3 is 1. The Morgan fingerprint density at radius 2 is 1.77 bits per heavy atom. The number of rotatable bonds is 10. The summed E-state index contributed by atoms with van der Waals surface area (Å²) in [4.78, 5) is 19.9. The number of fused-ring (bicyclic) bond motifs is 1. The third kappa shape index (κ3) is 9.94. The summed E-state index contributed by atoms with van der Waals surface area (Å²) in [5.41, 5.74) is 0.906. The van der Waals surface area contributed by atoms with Gasteiger partial charge in [-0.05, 0) is 81.1 Å². The number of carbonyl (C=O) groups excluding carboxylic acids is 1. The van der Waals surface area contributed by atoms with E-state index in [2.05, 4.69) is 4.98 Å². The molecule has 48 heavy (non-hydrogen) atoms. The van der Waals surface area contributed by atoms with Crippen molar-refractivity contribution in [1.29, 1.82) is 0 Å². The summed E-state index contributed by atoms with van der Waals surface area (Å²) in [5.74, 6) is -1.32. The number of sulfonamides is 1. The van der Waals surface area contributed by atoms with Crippen LogP contribution in [0.1, 0.15) is 56.0 Å². The quantitative estimate of drug-likeness (QED) is 0.267. The average Bonchev–Trinajstić information content (AvgIpc) is 3.06. The van der Waals surface area contributed by atoms with Crippen LogP contribution in [-0.4, -0.2) is 87.2 Å². The van der Waals surface area contributed by atoms with Crippen molar-refractivity contribution < 1.29 is 40.9 Å². The standard InChI is InChI=1S/C35H45F2N3O7S/c1-24-20-40(25(2)22-45-23-27-9-13-30(44-5)14-10-27)35(41)32-18-29(37)19-38-34(32)47-26(3)8-6-7-17-46-33(24)21-39(4)48(42,43)31-15-11-28(36)12-16-31/h9-16,18-19,24-26,33H,6-8,17,20-23H2,1-5H3/t24-,25+,26+,33+/m1/s1. The van der Waals surface area contributed by atoms with E-state index in [0.717, 1.165) is 42.1 Å². The fraction of sp³-hybridized carbons (Fsp3) is 0.486. The fourth-order valence-electron chi connectivity index (χ4n) is 5.43. The van der Waals surface area contributed by atoms with Crippen molar-refractivity contribution in [3.8, 4) is 11.6 Å². The molecule has 4 rings (SSSR count). The molecule has 2 aromatic carbocycles. The third-order valence-corrected chi connectivity index (χ3v) is 10.2. The Balaban J connectivity index is 1.61. The molecular formula is C35H45F2N3O7S. The van der Waals surface area contributed by atoms with Gasteiger partial charge in [0, 0.05) is 32.7 Å². The van der Waals surface area contributed by atoms with Gasteiger partial charge in [0.25, 0.3) is 5.91 Å². The van der Waals surface area contributed by atoms with Gasteiger partial charge in [-0.2, -0.15) is 4.31 Å². The van der Waals surface area contributed by atoms with Gasteiger partial charge in [0.1, 0.15) is 22.9 Å². The monoisotopic (exact) mass is 689 g/mol. The first kappa shape index (κ1) is 37.2. The minimum absolute atomic E-state index is 0.0124. The smallest absolute Gasteiger partial charge is 0.259 e. The highest BCUT2D eigenvalue weighted by Crippen LogP contribution is 2.26. The highest BCUT2D eigenvalue weighted by molar-refractivity contribution is 7.89. The molecule has 0 saturated carbocycles. The molecule has 0 saturated heterocycles. The van der Waals surface area contributed by atoms with Gasteiger partial charge >= 0.3 is 0 Å². The molecule has 4 atom stereocenters. The average molecular weight is 690 g/mol. The maximum Gasteiger partial charge on any atom is 0.259 e. The second-order valence-electron chi connectivity index (χ2n) is 12.2. The molecule has 2 heterocycles. The molecule has 262 valence electrons. The second kappa shape index (κ2) is 17.1. The summed E-state index contributed by atoms with van der Waals surface area (Å²) in [5, 5.41) is 0. The van der Waals surface area contributed by atoms with Crippen molar-refractivity contribution >= 4 is 15.9 Å². The molecule has 0 radical (unpaired) electrons. The second-order valence-corrected chi connectivity index (χ2v) is 14.3. The van der Waals surface area contributed by atoms with Crippen molar-refractivity contribution in [3.05, 3.63) is 83.6 Å². The van der Waals surface area contributed by atoms with Gasteiger partial charge in [-0.3, -0.25) is 4.79 Å². The first-order chi connectivity index (χ1) is 22.9. The zero-order valence-electron chi connectivity index (χ0n) is 28.1. The number of carbonyl (C=O) groups is 1. The van der Waals surface area contributed by atoms with E-state index in [4.69, 9.17) is 18.9 Å². The molecule has 1 aromatic heterocycles. The first-order valence-electron chi connectivity index (χ1n) is 16.1. The maximum atomic E-state index is 14.5. The minimum Gasteiger partial charge on any atom is -0.497 e. The lowest BCUT2D eigenvalue weighted by Crippen LogP contribution is -2.48. The van der Waals surface area contributed by atoms with Gasteiger partial charge in [-0.1, -0.05) is 19.1 Å². The topological polar surface area (TPSA) is 108 Å². The Morgan fingerprint density at radius 1 is 1.06 bits per heavy atom. The normalized spacial score (nSPS) is 20.5. The molecule has 0 spiro atoms. The van der Waals surface area contributed by atoms with Crippen molar-refractivity contribution in [1.82, 2.24) is 14.2 Å². The molecular weight excluding hydrogens is 644 g/mol. The molecule has 3 aromatic rings. The van der Waals surface area contributed by atoms with E-state index >= 15 is 0 Å². The lowest BCUT2D eigenvalue weighted by molar-refractivity contribution is -0.0121. The highest BCUT2D eigenvalue weighted by atomic mass is 32.2. The number of amides is 1. The summed E-state index contributed by atoms with van der Waals surface area (Å²) >= 11 is 0. The number of benzene rings is 2. The Kier molecular flexibility index (Phi) is 13.3. The number of ether oxygens (including phenoxy) is 4. The van der Waals surface area contributed by atoms with Crippen LogP contribution < -0.4 is 9.47 Å². The number of aromatic nitrogens is 1. The predicted molar refractivity (Wildman–Crippen MR) is 176 cm³/mol. The largest absolute Gasteiger partial charge is 0.497 e. The SMILES string of the molecule is COc1ccc(COC[C@H](C)N2C[C@@H](C)[C@H](CN(C)S(=O)(=O)c3ccc(F)cc3)OCCCC[C@H](C)Oc3ncc(F)cc3C2=O)cc1. The van der Waals surface area contributed by atoms with E-state index in [1.54, 1.807) is 12.0 Å². The molecule has 1 aliphatic heterocycles. The van der Waals surface area contributed by atoms with Crippen molar-refractivity contribution in [3.63, 3.8) is 0 Å². The number of nitrogens with zero attached hydrogens (tertiary/aromatic N) is 3. The summed E-state index contributed by atoms with van der Waals surface area (Å²) in [6, 6.07) is 12.7. The molecule has 0 fully saturated rings. The van der Waals surface area contributed by atoms with Crippen molar-refractivity contribution in [2.24, 2.45) is 5.92 Å². The van der Waals surface area contributed by atoms with Gasteiger partial charge in [-0.15, -0.1) is 0 Å². The van der Waals surface area contributed by atoms with Crippen LogP contribution in [0.25, 0.3) is 0 Å². The van der Waals surface area contributed by atoms with E-state index in [1.165, 1.54) is 23.5 Å². The van der Waals surface area contributed by atoms with E-state index in [0.29, 0.717) is 19.4 Å². The summed E-state index contributed by atoms with van der Waals surface area (Å²) in [7, 11) is -0.924. The lowest BCUT2D eigenvalue weighted by atomic mass is 10.0. The van der Waals surface area contributed by atoms with E-state index in [1.807, 2.05) is 45.0 Å². The fourth-order valence-corrected chi connectivity index (χ4v) is 6.61. The van der Waals surface area contributed by atoms with Crippen LogP contribution in [0.2, 0.25) is 0 Å². The summed E-state index contributed by atoms with van der Waals surface area (Å²) < 4.78 is 79.6. The van der Waals surface area contributed by atoms with E-state index in [9.17, 15) is 22.0 Å². The number of likely N-dealkylation sites (N-methyl/N-ethyl adjacent to an activating group) is 1. The molecule has 0 aliphatic carbocycles. The van der Waals surface area contributed by atoms with Gasteiger partial charge in [0.2, 0.25) is 15.9 Å². The summed E-state index contributed by atoms with van der Waals surface area (Å²) in [6.45, 7) is 6.49. The van der Waals surface area contributed by atoms with E-state index < -0.39 is 39.7 Å². The van der Waals surface area contributed by atoms with Crippen LogP contribution in [-0.2, 0) is 26.1 Å². The molecule has 1 amide bonds. The van der Waals surface area contributed by atoms with Crippen LogP contribution in [0.5, 0.6) is 11.6 Å². The van der Waals surface area contributed by atoms with Crippen LogP contribution >= 0.6 is 0 Å². The zero-order chi connectivity index (χ0) is 34.8. The Morgan fingerprint density at radius 3 is 2.46 bits per heavy atom. The number of hydrogen-bond acceptors (Lipinski definition) is 8. The highest BCUT2D eigenvalue weighted by Gasteiger charge is 2.33. The zero-order valence-corrected chi connectivity index (χ0v) is 28.9. The van der Waals surface area contributed by atoms with Gasteiger partial charge in [-0.25, -0.2) is 22.2 Å². The van der Waals surface area contributed by atoms with Gasteiger partial charge in [0.15, 0.2) is 0 Å². The van der Waals surface area contributed by atoms with Crippen molar-refractivity contribution in [2.75, 3.05) is 40.5 Å². The number of halogens is 2. The maximum absolute atomic E-state index is 14.5. The van der Waals surface area contributed by atoms with Gasteiger partial charge in [0.05, 0.1) is 49.7 Å². The lowest BCUT2D eigenvalue weighted by Gasteiger charge is -2.36. The minimum atomic E-state index is -3.96. The van der Waals surface area contributed by atoms with E-state index in [-0.39, 0.29) is 54.7 Å². The van der Waals surface area contributed by atoms with Crippen LogP contribution in [0, 0.1) is 17.6 Å². The molecule has 0 N–H and O–H groups in total. The van der Waals surface area contributed by atoms with Crippen LogP contribution in [0.15, 0.2) is 65.7 Å². The predicted octanol–water partition coefficient (Wildman–Crippen LogP) is 5.71. The third-order valence-electron chi connectivity index (χ3n) is 8.36.